The maximum atomic E-state index is 3.61. The number of fused-ring (bicyclic) bond motifs is 2. The summed E-state index contributed by atoms with van der Waals surface area (Å²) in [4.78, 5) is 0. The van der Waals surface area contributed by atoms with Crippen LogP contribution in [-0.2, 0) is 12.8 Å². The highest BCUT2D eigenvalue weighted by Crippen LogP contribution is 2.42. The van der Waals surface area contributed by atoms with Gasteiger partial charge in [-0.1, -0.05) is 141 Å². The van der Waals surface area contributed by atoms with Crippen molar-refractivity contribution in [2.75, 3.05) is 5.32 Å². The highest BCUT2D eigenvalue weighted by molar-refractivity contribution is 6.11. The summed E-state index contributed by atoms with van der Waals surface area (Å²) >= 11 is 0. The molecule has 7 rings (SSSR count). The van der Waals surface area contributed by atoms with Crippen LogP contribution in [0.25, 0.3) is 54.9 Å². The lowest BCUT2D eigenvalue weighted by Crippen LogP contribution is -1.97. The predicted molar refractivity (Wildman–Crippen MR) is 209 cm³/mol. The maximum absolute atomic E-state index is 3.61. The molecule has 0 aliphatic carbocycles. The number of hydrogen-bond acceptors (Lipinski definition) is 1. The molecule has 0 saturated carbocycles. The Kier molecular flexibility index (Phi) is 9.39. The normalized spacial score (nSPS) is 11.3. The van der Waals surface area contributed by atoms with Crippen molar-refractivity contribution in [2.45, 2.75) is 59.3 Å². The summed E-state index contributed by atoms with van der Waals surface area (Å²) in [6, 6.07) is 51.8. The Labute approximate surface area is 286 Å². The van der Waals surface area contributed by atoms with Crippen molar-refractivity contribution in [1.29, 1.82) is 0 Å². The van der Waals surface area contributed by atoms with Gasteiger partial charge >= 0.3 is 0 Å². The summed E-state index contributed by atoms with van der Waals surface area (Å²) in [7, 11) is 0. The third-order valence-electron chi connectivity index (χ3n) is 9.72. The average Bonchev–Trinajstić information content (AvgIpc) is 3.13. The minimum atomic E-state index is 1.06. The van der Waals surface area contributed by atoms with Crippen molar-refractivity contribution in [3.05, 3.63) is 156 Å². The molecule has 0 aliphatic heterocycles. The number of benzene rings is 7. The molecule has 7 aromatic rings. The van der Waals surface area contributed by atoms with Gasteiger partial charge in [-0.3, -0.25) is 0 Å². The van der Waals surface area contributed by atoms with Crippen molar-refractivity contribution in [3.63, 3.8) is 0 Å². The van der Waals surface area contributed by atoms with Crippen LogP contribution in [0.5, 0.6) is 0 Å². The van der Waals surface area contributed by atoms with E-state index in [1.54, 1.807) is 0 Å². The second-order valence-corrected chi connectivity index (χ2v) is 13.2. The summed E-state index contributed by atoms with van der Waals surface area (Å²) in [6.45, 7) is 6.69. The SMILES string of the molecule is CCCCc1ccc2cccc(-c3c(CCCC)cc(-c4ccc(Nc5ccc(-c6ccc(C)cc6)cc5)cc4)c4ccccc34)c2c1. The lowest BCUT2D eigenvalue weighted by molar-refractivity contribution is 0.796. The van der Waals surface area contributed by atoms with Gasteiger partial charge in [-0.05, 0) is 129 Å². The van der Waals surface area contributed by atoms with Crippen molar-refractivity contribution in [2.24, 2.45) is 0 Å². The zero-order valence-electron chi connectivity index (χ0n) is 28.5. The number of aryl methyl sites for hydroxylation is 3. The number of unbranched alkanes of at least 4 members (excludes halogenated alkanes) is 2. The molecule has 0 fully saturated rings. The molecule has 7 aromatic carbocycles. The third kappa shape index (κ3) is 6.64. The number of nitrogens with one attached hydrogen (secondary N) is 1. The lowest BCUT2D eigenvalue weighted by Gasteiger charge is -2.19. The van der Waals surface area contributed by atoms with Crippen LogP contribution in [0.2, 0.25) is 0 Å². The molecule has 0 unspecified atom stereocenters. The van der Waals surface area contributed by atoms with Gasteiger partial charge in [0, 0.05) is 11.4 Å². The largest absolute Gasteiger partial charge is 0.356 e. The van der Waals surface area contributed by atoms with Crippen LogP contribution in [0, 0.1) is 6.92 Å². The molecule has 1 N–H and O–H groups in total. The first-order chi connectivity index (χ1) is 23.6. The van der Waals surface area contributed by atoms with Crippen LogP contribution in [0.4, 0.5) is 11.4 Å². The van der Waals surface area contributed by atoms with E-state index in [0.29, 0.717) is 0 Å². The highest BCUT2D eigenvalue weighted by Gasteiger charge is 2.17. The molecular weight excluding hydrogens is 579 g/mol. The van der Waals surface area contributed by atoms with Crippen LogP contribution in [0.15, 0.2) is 140 Å². The standard InChI is InChI=1S/C47H45N/c1-4-6-11-34-19-22-37-13-10-16-44(45(37)31-34)47-39(12-7-5-2)32-46(42-14-8-9-15-43(42)47)38-25-29-41(30-26-38)48-40-27-23-36(24-28-40)35-20-17-33(3)18-21-35/h8-10,13-32,48H,4-7,11-12H2,1-3H3. The Morgan fingerprint density at radius 3 is 1.79 bits per heavy atom. The van der Waals surface area contributed by atoms with E-state index in [0.717, 1.165) is 24.2 Å². The van der Waals surface area contributed by atoms with Gasteiger partial charge in [0.15, 0.2) is 0 Å². The molecule has 0 atom stereocenters. The van der Waals surface area contributed by atoms with Crippen LogP contribution in [0.3, 0.4) is 0 Å². The highest BCUT2D eigenvalue weighted by atomic mass is 14.9. The fourth-order valence-electron chi connectivity index (χ4n) is 7.02. The fraction of sp³-hybridized carbons (Fsp3) is 0.191. The molecule has 0 aromatic heterocycles. The Balaban J connectivity index is 1.25. The van der Waals surface area contributed by atoms with Crippen molar-refractivity contribution in [1.82, 2.24) is 0 Å². The fourth-order valence-corrected chi connectivity index (χ4v) is 7.02. The predicted octanol–water partition coefficient (Wildman–Crippen LogP) is 13.7. The number of rotatable bonds is 11. The zero-order chi connectivity index (χ0) is 32.9. The van der Waals surface area contributed by atoms with E-state index in [1.165, 1.54) is 97.3 Å². The molecule has 0 radical (unpaired) electrons. The van der Waals surface area contributed by atoms with Crippen LogP contribution in [0.1, 0.15) is 56.2 Å². The summed E-state index contributed by atoms with van der Waals surface area (Å²) in [5.41, 5.74) is 14.1. The van der Waals surface area contributed by atoms with Gasteiger partial charge in [0.1, 0.15) is 0 Å². The molecule has 0 bridgehead atoms. The molecule has 1 heteroatoms. The van der Waals surface area contributed by atoms with Gasteiger partial charge in [-0.15, -0.1) is 0 Å². The van der Waals surface area contributed by atoms with E-state index >= 15 is 0 Å². The topological polar surface area (TPSA) is 12.0 Å². The van der Waals surface area contributed by atoms with Gasteiger partial charge < -0.3 is 5.32 Å². The van der Waals surface area contributed by atoms with Crippen LogP contribution < -0.4 is 5.32 Å². The van der Waals surface area contributed by atoms with E-state index in [4.69, 9.17) is 0 Å². The van der Waals surface area contributed by atoms with Gasteiger partial charge in [0.05, 0.1) is 0 Å². The zero-order valence-corrected chi connectivity index (χ0v) is 28.5. The number of hydrogen-bond donors (Lipinski definition) is 1. The van der Waals surface area contributed by atoms with E-state index < -0.39 is 0 Å². The van der Waals surface area contributed by atoms with E-state index in [2.05, 4.69) is 166 Å². The second-order valence-electron chi connectivity index (χ2n) is 13.2. The average molecular weight is 624 g/mol. The summed E-state index contributed by atoms with van der Waals surface area (Å²) in [6.07, 6.45) is 6.97. The van der Waals surface area contributed by atoms with E-state index in [9.17, 15) is 0 Å². The maximum Gasteiger partial charge on any atom is 0.0384 e. The molecule has 0 spiro atoms. The van der Waals surface area contributed by atoms with E-state index in [-0.39, 0.29) is 0 Å². The van der Waals surface area contributed by atoms with Gasteiger partial charge in [0.2, 0.25) is 0 Å². The van der Waals surface area contributed by atoms with Crippen molar-refractivity contribution in [3.8, 4) is 33.4 Å². The molecule has 0 amide bonds. The molecule has 1 nitrogen and oxygen atoms in total. The van der Waals surface area contributed by atoms with Crippen LogP contribution >= 0.6 is 0 Å². The Morgan fingerprint density at radius 2 is 1.10 bits per heavy atom. The quantitative estimate of drug-likeness (QED) is 0.151. The Morgan fingerprint density at radius 1 is 0.479 bits per heavy atom. The molecule has 0 aliphatic rings. The smallest absolute Gasteiger partial charge is 0.0384 e. The van der Waals surface area contributed by atoms with Crippen molar-refractivity contribution >= 4 is 32.9 Å². The molecule has 238 valence electrons. The Bertz CT molecular complexity index is 2150. The first kappa shape index (κ1) is 31.5. The molecular formula is C47H45N. The van der Waals surface area contributed by atoms with Gasteiger partial charge in [0.25, 0.3) is 0 Å². The lowest BCUT2D eigenvalue weighted by atomic mass is 9.84. The molecule has 0 saturated heterocycles. The molecule has 48 heavy (non-hydrogen) atoms. The van der Waals surface area contributed by atoms with Gasteiger partial charge in [-0.25, -0.2) is 0 Å². The van der Waals surface area contributed by atoms with Gasteiger partial charge in [-0.2, -0.15) is 0 Å². The van der Waals surface area contributed by atoms with Crippen LogP contribution in [-0.4, -0.2) is 0 Å². The monoisotopic (exact) mass is 623 g/mol. The minimum absolute atomic E-state index is 1.06. The van der Waals surface area contributed by atoms with Crippen molar-refractivity contribution < 1.29 is 0 Å². The third-order valence-corrected chi connectivity index (χ3v) is 9.72. The summed E-state index contributed by atoms with van der Waals surface area (Å²) in [5.74, 6) is 0. The number of anilines is 2. The Hall–Kier alpha value is -5.14. The minimum Gasteiger partial charge on any atom is -0.356 e. The summed E-state index contributed by atoms with van der Waals surface area (Å²) < 4.78 is 0. The second kappa shape index (κ2) is 14.3. The first-order valence-electron chi connectivity index (χ1n) is 17.7. The first-order valence-corrected chi connectivity index (χ1v) is 17.7. The summed E-state index contributed by atoms with van der Waals surface area (Å²) in [5, 5.41) is 8.93. The molecule has 0 heterocycles. The van der Waals surface area contributed by atoms with E-state index in [1.807, 2.05) is 0 Å².